The number of nitrogens with zero attached hydrogens (tertiary/aromatic N) is 3. The Kier molecular flexibility index (Phi) is 8.24. The highest BCUT2D eigenvalue weighted by atomic mass is 127. The number of guanidine groups is 1. The number of hydrogen-bond acceptors (Lipinski definition) is 5. The molecule has 8 heteroatoms. The SMILES string of the molecule is CN=C(NCC1(OC)CCOCC1)N1CCN(c2cccs2)CC1.I. The first-order valence-electron chi connectivity index (χ1n) is 8.63. The molecule has 6 nitrogen and oxygen atoms in total. The number of nitrogens with one attached hydrogen (secondary N) is 1. The highest BCUT2D eigenvalue weighted by molar-refractivity contribution is 14.0. The van der Waals surface area contributed by atoms with Gasteiger partial charge < -0.3 is 24.6 Å². The van der Waals surface area contributed by atoms with Gasteiger partial charge in [0.1, 0.15) is 0 Å². The minimum Gasteiger partial charge on any atom is -0.381 e. The van der Waals surface area contributed by atoms with E-state index in [1.165, 1.54) is 5.00 Å². The summed E-state index contributed by atoms with van der Waals surface area (Å²) in [5.74, 6) is 0.976. The van der Waals surface area contributed by atoms with Crippen LogP contribution in [0.3, 0.4) is 0 Å². The number of anilines is 1. The highest BCUT2D eigenvalue weighted by Gasteiger charge is 2.33. The number of aliphatic imine (C=N–C) groups is 1. The Hall–Kier alpha value is -0.580. The van der Waals surface area contributed by atoms with Crippen molar-refractivity contribution in [2.75, 3.05) is 65.0 Å². The van der Waals surface area contributed by atoms with Gasteiger partial charge in [-0.2, -0.15) is 0 Å². The highest BCUT2D eigenvalue weighted by Crippen LogP contribution is 2.24. The van der Waals surface area contributed by atoms with Crippen LogP contribution >= 0.6 is 35.3 Å². The molecule has 142 valence electrons. The lowest BCUT2D eigenvalue weighted by atomic mass is 9.94. The molecule has 1 aromatic heterocycles. The van der Waals surface area contributed by atoms with Gasteiger partial charge in [0.15, 0.2) is 5.96 Å². The van der Waals surface area contributed by atoms with Crippen LogP contribution in [-0.2, 0) is 9.47 Å². The lowest BCUT2D eigenvalue weighted by Crippen LogP contribution is -2.55. The molecule has 0 atom stereocenters. The molecule has 1 N–H and O–H groups in total. The minimum atomic E-state index is -0.132. The Bertz CT molecular complexity index is 527. The molecule has 0 amide bonds. The molecule has 3 heterocycles. The standard InChI is InChI=1S/C17H28N4O2S.HI/c1-18-16(19-14-17(22-2)5-11-23-12-6-17)21-9-7-20(8-10-21)15-4-3-13-24-15;/h3-4,13H,5-12,14H2,1-2H3,(H,18,19);1H. The third kappa shape index (κ3) is 5.21. The molecule has 0 aromatic carbocycles. The van der Waals surface area contributed by atoms with E-state index in [1.54, 1.807) is 7.11 Å². The van der Waals surface area contributed by atoms with Gasteiger partial charge in [-0.25, -0.2) is 0 Å². The molecule has 2 aliphatic rings. The maximum Gasteiger partial charge on any atom is 0.193 e. The molecule has 3 rings (SSSR count). The van der Waals surface area contributed by atoms with E-state index in [1.807, 2.05) is 18.4 Å². The summed E-state index contributed by atoms with van der Waals surface area (Å²) >= 11 is 1.81. The van der Waals surface area contributed by atoms with Crippen molar-refractivity contribution in [3.05, 3.63) is 17.5 Å². The number of hydrogen-bond donors (Lipinski definition) is 1. The molecular weight excluding hydrogens is 451 g/mol. The number of methoxy groups -OCH3 is 1. The van der Waals surface area contributed by atoms with Gasteiger partial charge in [-0.15, -0.1) is 35.3 Å². The largest absolute Gasteiger partial charge is 0.381 e. The fraction of sp³-hybridized carbons (Fsp3) is 0.706. The van der Waals surface area contributed by atoms with E-state index in [0.717, 1.165) is 64.7 Å². The van der Waals surface area contributed by atoms with E-state index >= 15 is 0 Å². The van der Waals surface area contributed by atoms with Crippen LogP contribution < -0.4 is 10.2 Å². The molecule has 0 spiro atoms. The third-order valence-electron chi connectivity index (χ3n) is 5.01. The monoisotopic (exact) mass is 480 g/mol. The van der Waals surface area contributed by atoms with Gasteiger partial charge in [0.25, 0.3) is 0 Å². The van der Waals surface area contributed by atoms with Crippen LogP contribution in [0.4, 0.5) is 5.00 Å². The van der Waals surface area contributed by atoms with Gasteiger partial charge >= 0.3 is 0 Å². The average Bonchev–Trinajstić information content (AvgIpc) is 3.18. The summed E-state index contributed by atoms with van der Waals surface area (Å²) in [5.41, 5.74) is -0.132. The first kappa shape index (κ1) is 20.7. The van der Waals surface area contributed by atoms with Gasteiger partial charge in [-0.3, -0.25) is 4.99 Å². The van der Waals surface area contributed by atoms with Crippen molar-refractivity contribution < 1.29 is 9.47 Å². The fourth-order valence-electron chi connectivity index (χ4n) is 3.36. The summed E-state index contributed by atoms with van der Waals surface area (Å²) in [6, 6.07) is 4.31. The predicted molar refractivity (Wildman–Crippen MR) is 115 cm³/mol. The van der Waals surface area contributed by atoms with Crippen LogP contribution in [0, 0.1) is 0 Å². The van der Waals surface area contributed by atoms with Gasteiger partial charge in [0, 0.05) is 72.9 Å². The van der Waals surface area contributed by atoms with Crippen molar-refractivity contribution in [2.24, 2.45) is 4.99 Å². The molecule has 0 bridgehead atoms. The molecule has 2 fully saturated rings. The maximum absolute atomic E-state index is 5.80. The molecule has 0 saturated carbocycles. The second kappa shape index (κ2) is 9.94. The molecule has 2 aliphatic heterocycles. The summed E-state index contributed by atoms with van der Waals surface area (Å²) in [6.45, 7) is 6.36. The summed E-state index contributed by atoms with van der Waals surface area (Å²) in [4.78, 5) is 9.27. The molecule has 25 heavy (non-hydrogen) atoms. The zero-order valence-electron chi connectivity index (χ0n) is 15.1. The second-order valence-corrected chi connectivity index (χ2v) is 7.25. The number of piperazine rings is 1. The first-order chi connectivity index (χ1) is 11.8. The minimum absolute atomic E-state index is 0. The molecule has 1 aromatic rings. The van der Waals surface area contributed by atoms with Crippen molar-refractivity contribution in [1.29, 1.82) is 0 Å². The van der Waals surface area contributed by atoms with E-state index in [4.69, 9.17) is 9.47 Å². The zero-order chi connectivity index (χ0) is 16.8. The first-order valence-corrected chi connectivity index (χ1v) is 9.51. The summed E-state index contributed by atoms with van der Waals surface area (Å²) in [5, 5.41) is 7.03. The average molecular weight is 480 g/mol. The predicted octanol–water partition coefficient (Wildman–Crippen LogP) is 2.26. The van der Waals surface area contributed by atoms with E-state index < -0.39 is 0 Å². The number of rotatable bonds is 4. The number of thiophene rings is 1. The van der Waals surface area contributed by atoms with Crippen molar-refractivity contribution in [2.45, 2.75) is 18.4 Å². The molecule has 0 radical (unpaired) electrons. The molecule has 0 aliphatic carbocycles. The van der Waals surface area contributed by atoms with Gasteiger partial charge in [0.05, 0.1) is 10.6 Å². The van der Waals surface area contributed by atoms with Crippen LogP contribution in [0.5, 0.6) is 0 Å². The van der Waals surface area contributed by atoms with E-state index in [-0.39, 0.29) is 29.6 Å². The van der Waals surface area contributed by atoms with Crippen LogP contribution in [0.15, 0.2) is 22.5 Å². The van der Waals surface area contributed by atoms with E-state index in [0.29, 0.717) is 0 Å². The topological polar surface area (TPSA) is 49.3 Å². The lowest BCUT2D eigenvalue weighted by molar-refractivity contribution is -0.0857. The molecule has 0 unspecified atom stereocenters. The Labute approximate surface area is 171 Å². The van der Waals surface area contributed by atoms with Crippen LogP contribution in [-0.4, -0.2) is 76.6 Å². The summed E-state index contributed by atoms with van der Waals surface area (Å²) < 4.78 is 11.3. The maximum atomic E-state index is 5.80. The van der Waals surface area contributed by atoms with Crippen LogP contribution in [0.2, 0.25) is 0 Å². The fourth-order valence-corrected chi connectivity index (χ4v) is 4.14. The van der Waals surface area contributed by atoms with Crippen molar-refractivity contribution in [1.82, 2.24) is 10.2 Å². The van der Waals surface area contributed by atoms with Crippen molar-refractivity contribution in [3.8, 4) is 0 Å². The summed E-state index contributed by atoms with van der Waals surface area (Å²) in [6.07, 6.45) is 1.86. The zero-order valence-corrected chi connectivity index (χ0v) is 18.2. The number of ether oxygens (including phenoxy) is 2. The normalized spacial score (nSPS) is 21.0. The Morgan fingerprint density at radius 1 is 1.32 bits per heavy atom. The quantitative estimate of drug-likeness (QED) is 0.407. The Balaban J connectivity index is 0.00000225. The van der Waals surface area contributed by atoms with Crippen molar-refractivity contribution >= 4 is 46.3 Å². The lowest BCUT2D eigenvalue weighted by Gasteiger charge is -2.39. The summed E-state index contributed by atoms with van der Waals surface area (Å²) in [7, 11) is 3.66. The van der Waals surface area contributed by atoms with Gasteiger partial charge in [0.2, 0.25) is 0 Å². The molecule has 2 saturated heterocycles. The van der Waals surface area contributed by atoms with Gasteiger partial charge in [-0.1, -0.05) is 0 Å². The van der Waals surface area contributed by atoms with E-state index in [2.05, 4.69) is 37.6 Å². The van der Waals surface area contributed by atoms with Crippen LogP contribution in [0.25, 0.3) is 0 Å². The van der Waals surface area contributed by atoms with E-state index in [9.17, 15) is 0 Å². The van der Waals surface area contributed by atoms with Crippen LogP contribution in [0.1, 0.15) is 12.8 Å². The third-order valence-corrected chi connectivity index (χ3v) is 5.94. The van der Waals surface area contributed by atoms with Gasteiger partial charge in [-0.05, 0) is 17.5 Å². The number of halogens is 1. The van der Waals surface area contributed by atoms with Crippen molar-refractivity contribution in [3.63, 3.8) is 0 Å². The Morgan fingerprint density at radius 2 is 2.04 bits per heavy atom. The second-order valence-electron chi connectivity index (χ2n) is 6.33. The Morgan fingerprint density at radius 3 is 2.60 bits per heavy atom. The smallest absolute Gasteiger partial charge is 0.193 e. The molecular formula is C17H29IN4O2S.